The van der Waals surface area contributed by atoms with E-state index >= 15 is 0 Å². The highest BCUT2D eigenvalue weighted by molar-refractivity contribution is 5.77. The smallest absolute Gasteiger partial charge is 0.143 e. The average Bonchev–Trinajstić information content (AvgIpc) is 2.88. The summed E-state index contributed by atoms with van der Waals surface area (Å²) in [7, 11) is 0. The lowest BCUT2D eigenvalue weighted by atomic mass is 9.82. The number of aliphatic hydroxyl groups excluding tert-OH is 1. The molecule has 4 nitrogen and oxygen atoms in total. The van der Waals surface area contributed by atoms with Crippen LogP contribution in [0.1, 0.15) is 31.2 Å². The van der Waals surface area contributed by atoms with Crippen LogP contribution < -0.4 is 0 Å². The summed E-state index contributed by atoms with van der Waals surface area (Å²) in [6.45, 7) is 1.06. The molecule has 1 heterocycles. The molecule has 2 aromatic rings. The van der Waals surface area contributed by atoms with E-state index in [0.717, 1.165) is 37.7 Å². The Bertz CT molecular complexity index is 689. The van der Waals surface area contributed by atoms with Gasteiger partial charge in [0.05, 0.1) is 22.9 Å². The number of nitrogens with zero attached hydrogens (tertiary/aromatic N) is 3. The number of imidazole rings is 1. The van der Waals surface area contributed by atoms with Crippen molar-refractivity contribution < 1.29 is 9.50 Å². The minimum Gasteiger partial charge on any atom is -0.396 e. The molecular formula is C16H18FN3O. The Hall–Kier alpha value is -1.93. The van der Waals surface area contributed by atoms with E-state index in [0.29, 0.717) is 17.4 Å². The van der Waals surface area contributed by atoms with Crippen LogP contribution in [0.2, 0.25) is 0 Å². The first-order valence-electron chi connectivity index (χ1n) is 7.36. The SMILES string of the molecule is N#Cc1cc2c(cc1F)ncn2CC1CCCC(CO)C1. The molecule has 1 N–H and O–H groups in total. The van der Waals surface area contributed by atoms with E-state index in [1.165, 1.54) is 6.07 Å². The van der Waals surface area contributed by atoms with Gasteiger partial charge in [0, 0.05) is 19.2 Å². The summed E-state index contributed by atoms with van der Waals surface area (Å²) in [4.78, 5) is 4.22. The topological polar surface area (TPSA) is 61.8 Å². The van der Waals surface area contributed by atoms with Gasteiger partial charge in [0.15, 0.2) is 0 Å². The van der Waals surface area contributed by atoms with Gasteiger partial charge in [-0.2, -0.15) is 5.26 Å². The van der Waals surface area contributed by atoms with Crippen LogP contribution in [0.5, 0.6) is 0 Å². The molecule has 3 rings (SSSR count). The average molecular weight is 287 g/mol. The molecule has 0 bridgehead atoms. The molecule has 1 aromatic carbocycles. The Balaban J connectivity index is 1.86. The van der Waals surface area contributed by atoms with E-state index in [-0.39, 0.29) is 12.2 Å². The van der Waals surface area contributed by atoms with E-state index < -0.39 is 5.82 Å². The molecule has 1 saturated carbocycles. The summed E-state index contributed by atoms with van der Waals surface area (Å²) >= 11 is 0. The Labute approximate surface area is 122 Å². The van der Waals surface area contributed by atoms with Crippen LogP contribution in [0.25, 0.3) is 11.0 Å². The van der Waals surface area contributed by atoms with E-state index in [1.807, 2.05) is 10.6 Å². The maximum Gasteiger partial charge on any atom is 0.143 e. The van der Waals surface area contributed by atoms with Crippen molar-refractivity contribution in [3.8, 4) is 6.07 Å². The maximum absolute atomic E-state index is 13.6. The van der Waals surface area contributed by atoms with Crippen molar-refractivity contribution in [1.82, 2.24) is 9.55 Å². The largest absolute Gasteiger partial charge is 0.396 e. The molecular weight excluding hydrogens is 269 g/mol. The number of nitriles is 1. The van der Waals surface area contributed by atoms with Crippen LogP contribution in [-0.2, 0) is 6.54 Å². The molecule has 0 amide bonds. The number of benzene rings is 1. The fourth-order valence-electron chi connectivity index (χ4n) is 3.32. The molecule has 0 saturated heterocycles. The van der Waals surface area contributed by atoms with E-state index in [4.69, 9.17) is 5.26 Å². The number of aromatic nitrogens is 2. The molecule has 2 unspecified atom stereocenters. The third kappa shape index (κ3) is 2.77. The summed E-state index contributed by atoms with van der Waals surface area (Å²) in [5.74, 6) is 0.378. The standard InChI is InChI=1S/C16H18FN3O/c17-14-6-15-16(5-13(14)7-18)20(10-19-15)8-11-2-1-3-12(4-11)9-21/h5-6,10-12,21H,1-4,8-9H2. The number of hydrogen-bond donors (Lipinski definition) is 1. The Kier molecular flexibility index (Phi) is 3.89. The Morgan fingerprint density at radius 2 is 2.19 bits per heavy atom. The molecule has 0 spiro atoms. The van der Waals surface area contributed by atoms with Crippen molar-refractivity contribution in [3.63, 3.8) is 0 Å². The van der Waals surface area contributed by atoms with Crippen LogP contribution in [0.4, 0.5) is 4.39 Å². The second kappa shape index (κ2) is 5.82. The second-order valence-electron chi connectivity index (χ2n) is 5.91. The van der Waals surface area contributed by atoms with E-state index in [2.05, 4.69) is 4.98 Å². The lowest BCUT2D eigenvalue weighted by molar-refractivity contribution is 0.153. The van der Waals surface area contributed by atoms with Crippen molar-refractivity contribution in [2.45, 2.75) is 32.2 Å². The minimum absolute atomic E-state index is 0.0566. The lowest BCUT2D eigenvalue weighted by Crippen LogP contribution is -2.21. The fourth-order valence-corrected chi connectivity index (χ4v) is 3.32. The van der Waals surface area contributed by atoms with Gasteiger partial charge in [-0.3, -0.25) is 0 Å². The predicted molar refractivity (Wildman–Crippen MR) is 76.9 cm³/mol. The van der Waals surface area contributed by atoms with Gasteiger partial charge >= 0.3 is 0 Å². The quantitative estimate of drug-likeness (QED) is 0.944. The number of fused-ring (bicyclic) bond motifs is 1. The molecule has 0 aliphatic heterocycles. The Morgan fingerprint density at radius 1 is 1.38 bits per heavy atom. The second-order valence-corrected chi connectivity index (χ2v) is 5.91. The van der Waals surface area contributed by atoms with E-state index in [1.54, 1.807) is 12.4 Å². The summed E-state index contributed by atoms with van der Waals surface area (Å²) in [5.41, 5.74) is 1.45. The zero-order valence-electron chi connectivity index (χ0n) is 11.8. The van der Waals surface area contributed by atoms with Gasteiger partial charge in [0.2, 0.25) is 0 Å². The van der Waals surface area contributed by atoms with Crippen LogP contribution in [0, 0.1) is 29.0 Å². The number of rotatable bonds is 3. The number of hydrogen-bond acceptors (Lipinski definition) is 3. The maximum atomic E-state index is 13.6. The van der Waals surface area contributed by atoms with Crippen LogP contribution in [0.15, 0.2) is 18.5 Å². The van der Waals surface area contributed by atoms with Crippen molar-refractivity contribution in [2.75, 3.05) is 6.61 Å². The summed E-state index contributed by atoms with van der Waals surface area (Å²) in [6, 6.07) is 4.77. The predicted octanol–water partition coefficient (Wildman–Crippen LogP) is 2.85. The summed E-state index contributed by atoms with van der Waals surface area (Å²) < 4.78 is 15.6. The highest BCUT2D eigenvalue weighted by Crippen LogP contribution is 2.30. The highest BCUT2D eigenvalue weighted by Gasteiger charge is 2.22. The van der Waals surface area contributed by atoms with Gasteiger partial charge in [0.25, 0.3) is 0 Å². The summed E-state index contributed by atoms with van der Waals surface area (Å²) in [5, 5.41) is 18.3. The molecule has 0 radical (unpaired) electrons. The van der Waals surface area contributed by atoms with Gasteiger partial charge in [-0.15, -0.1) is 0 Å². The Morgan fingerprint density at radius 3 is 2.95 bits per heavy atom. The van der Waals surface area contributed by atoms with Gasteiger partial charge in [0.1, 0.15) is 11.9 Å². The van der Waals surface area contributed by atoms with Crippen LogP contribution in [-0.4, -0.2) is 21.3 Å². The number of aliphatic hydroxyl groups is 1. The number of halogens is 1. The first-order valence-corrected chi connectivity index (χ1v) is 7.36. The molecule has 1 fully saturated rings. The molecule has 1 aliphatic carbocycles. The first kappa shape index (κ1) is 14.0. The minimum atomic E-state index is -0.520. The lowest BCUT2D eigenvalue weighted by Gasteiger charge is -2.28. The fraction of sp³-hybridized carbons (Fsp3) is 0.500. The van der Waals surface area contributed by atoms with Gasteiger partial charge in [-0.25, -0.2) is 9.37 Å². The normalized spacial score (nSPS) is 22.3. The molecule has 21 heavy (non-hydrogen) atoms. The van der Waals surface area contributed by atoms with Gasteiger partial charge in [-0.05, 0) is 37.2 Å². The van der Waals surface area contributed by atoms with Crippen LogP contribution in [0.3, 0.4) is 0 Å². The zero-order chi connectivity index (χ0) is 14.8. The summed E-state index contributed by atoms with van der Waals surface area (Å²) in [6.07, 6.45) is 6.11. The molecule has 2 atom stereocenters. The van der Waals surface area contributed by atoms with Crippen molar-refractivity contribution in [3.05, 3.63) is 29.8 Å². The molecule has 1 aromatic heterocycles. The van der Waals surface area contributed by atoms with Crippen molar-refractivity contribution in [1.29, 1.82) is 5.26 Å². The molecule has 1 aliphatic rings. The first-order chi connectivity index (χ1) is 10.2. The van der Waals surface area contributed by atoms with E-state index in [9.17, 15) is 9.50 Å². The van der Waals surface area contributed by atoms with Gasteiger partial charge < -0.3 is 9.67 Å². The highest BCUT2D eigenvalue weighted by atomic mass is 19.1. The molecule has 5 heteroatoms. The van der Waals surface area contributed by atoms with Crippen LogP contribution >= 0.6 is 0 Å². The van der Waals surface area contributed by atoms with Gasteiger partial charge in [-0.1, -0.05) is 6.42 Å². The monoisotopic (exact) mass is 287 g/mol. The molecule has 110 valence electrons. The third-order valence-corrected chi connectivity index (χ3v) is 4.43. The zero-order valence-corrected chi connectivity index (χ0v) is 11.8. The third-order valence-electron chi connectivity index (χ3n) is 4.43. The van der Waals surface area contributed by atoms with Crippen molar-refractivity contribution >= 4 is 11.0 Å². The van der Waals surface area contributed by atoms with Crippen molar-refractivity contribution in [2.24, 2.45) is 11.8 Å².